The van der Waals surface area contributed by atoms with Gasteiger partial charge in [0.2, 0.25) is 0 Å². The SMILES string of the molecule is CCCCN(CCC)CCCC.Cc1ccccc1C. The van der Waals surface area contributed by atoms with Crippen molar-refractivity contribution in [1.82, 2.24) is 4.90 Å². The van der Waals surface area contributed by atoms with Crippen LogP contribution in [0.25, 0.3) is 0 Å². The summed E-state index contributed by atoms with van der Waals surface area (Å²) in [5.74, 6) is 0. The molecule has 0 amide bonds. The fourth-order valence-electron chi connectivity index (χ4n) is 2.08. The van der Waals surface area contributed by atoms with Gasteiger partial charge in [-0.2, -0.15) is 0 Å². The molecule has 20 heavy (non-hydrogen) atoms. The molecule has 0 aliphatic heterocycles. The number of unbranched alkanes of at least 4 members (excludes halogenated alkanes) is 2. The Morgan fingerprint density at radius 1 is 0.700 bits per heavy atom. The topological polar surface area (TPSA) is 3.24 Å². The summed E-state index contributed by atoms with van der Waals surface area (Å²) in [6, 6.07) is 8.36. The summed E-state index contributed by atoms with van der Waals surface area (Å²) in [6.45, 7) is 15.0. The average Bonchev–Trinajstić information content (AvgIpc) is 2.46. The minimum atomic E-state index is 1.29. The first-order valence-corrected chi connectivity index (χ1v) is 8.40. The molecule has 0 atom stereocenters. The van der Waals surface area contributed by atoms with Gasteiger partial charge in [-0.15, -0.1) is 0 Å². The second kappa shape index (κ2) is 13.2. The maximum absolute atomic E-state index is 2.60. The number of benzene rings is 1. The third-order valence-electron chi connectivity index (χ3n) is 3.62. The van der Waals surface area contributed by atoms with Crippen LogP contribution in [0.15, 0.2) is 24.3 Å². The predicted molar refractivity (Wildman–Crippen MR) is 92.5 cm³/mol. The highest BCUT2D eigenvalue weighted by Gasteiger charge is 2.00. The molecule has 0 unspecified atom stereocenters. The molecule has 1 rings (SSSR count). The van der Waals surface area contributed by atoms with Crippen LogP contribution in [-0.4, -0.2) is 24.5 Å². The summed E-state index contributed by atoms with van der Waals surface area (Å²) in [5, 5.41) is 0. The Kier molecular flexibility index (Phi) is 12.6. The normalized spacial score (nSPS) is 10.3. The predicted octanol–water partition coefficient (Wildman–Crippen LogP) is 5.60. The van der Waals surface area contributed by atoms with Crippen molar-refractivity contribution in [3.63, 3.8) is 0 Å². The van der Waals surface area contributed by atoms with E-state index in [2.05, 4.69) is 63.8 Å². The van der Waals surface area contributed by atoms with E-state index in [1.54, 1.807) is 0 Å². The van der Waals surface area contributed by atoms with E-state index < -0.39 is 0 Å². The Hall–Kier alpha value is -0.820. The van der Waals surface area contributed by atoms with E-state index in [4.69, 9.17) is 0 Å². The second-order valence-electron chi connectivity index (χ2n) is 5.63. The lowest BCUT2D eigenvalue weighted by molar-refractivity contribution is 0.266. The van der Waals surface area contributed by atoms with E-state index in [0.717, 1.165) is 0 Å². The molecule has 0 spiro atoms. The monoisotopic (exact) mass is 277 g/mol. The molecule has 1 nitrogen and oxygen atoms in total. The number of hydrogen-bond acceptors (Lipinski definition) is 1. The number of nitrogens with zero attached hydrogens (tertiary/aromatic N) is 1. The molecule has 0 aliphatic rings. The fourth-order valence-corrected chi connectivity index (χ4v) is 2.08. The first-order valence-electron chi connectivity index (χ1n) is 8.40. The van der Waals surface area contributed by atoms with Crippen LogP contribution >= 0.6 is 0 Å². The molecule has 0 bridgehead atoms. The van der Waals surface area contributed by atoms with Crippen LogP contribution in [0.5, 0.6) is 0 Å². The van der Waals surface area contributed by atoms with Gasteiger partial charge in [-0.3, -0.25) is 0 Å². The van der Waals surface area contributed by atoms with Crippen molar-refractivity contribution in [2.75, 3.05) is 19.6 Å². The van der Waals surface area contributed by atoms with Gasteiger partial charge in [0.05, 0.1) is 0 Å². The lowest BCUT2D eigenvalue weighted by Crippen LogP contribution is -2.26. The third-order valence-corrected chi connectivity index (χ3v) is 3.62. The van der Waals surface area contributed by atoms with Gasteiger partial charge in [-0.25, -0.2) is 0 Å². The van der Waals surface area contributed by atoms with Gasteiger partial charge in [-0.1, -0.05) is 57.9 Å². The van der Waals surface area contributed by atoms with E-state index in [1.807, 2.05) is 0 Å². The third kappa shape index (κ3) is 10.0. The van der Waals surface area contributed by atoms with Crippen molar-refractivity contribution in [1.29, 1.82) is 0 Å². The smallest absolute Gasteiger partial charge is 0.00188 e. The first kappa shape index (κ1) is 19.2. The zero-order chi connectivity index (χ0) is 15.2. The Morgan fingerprint density at radius 2 is 1.15 bits per heavy atom. The fraction of sp³-hybridized carbons (Fsp3) is 0.684. The summed E-state index contributed by atoms with van der Waals surface area (Å²) in [4.78, 5) is 2.60. The van der Waals surface area contributed by atoms with E-state index in [1.165, 1.54) is 62.9 Å². The number of hydrogen-bond donors (Lipinski definition) is 0. The molecule has 1 heteroatoms. The van der Waals surface area contributed by atoms with Gasteiger partial charge < -0.3 is 4.90 Å². The van der Waals surface area contributed by atoms with Crippen LogP contribution in [0, 0.1) is 13.8 Å². The Bertz CT molecular complexity index is 290. The molecule has 0 heterocycles. The van der Waals surface area contributed by atoms with Crippen LogP contribution in [0.2, 0.25) is 0 Å². The van der Waals surface area contributed by atoms with Crippen molar-refractivity contribution in [2.45, 2.75) is 66.7 Å². The second-order valence-corrected chi connectivity index (χ2v) is 5.63. The molecule has 0 fully saturated rings. The summed E-state index contributed by atoms with van der Waals surface area (Å²) in [5.41, 5.74) is 2.74. The van der Waals surface area contributed by atoms with Crippen molar-refractivity contribution >= 4 is 0 Å². The van der Waals surface area contributed by atoms with E-state index in [-0.39, 0.29) is 0 Å². The summed E-state index contributed by atoms with van der Waals surface area (Å²) >= 11 is 0. The van der Waals surface area contributed by atoms with E-state index >= 15 is 0 Å². The Labute approximate surface area is 127 Å². The molecule has 0 N–H and O–H groups in total. The molecule has 1 aromatic rings. The van der Waals surface area contributed by atoms with Crippen LogP contribution in [0.4, 0.5) is 0 Å². The van der Waals surface area contributed by atoms with Crippen molar-refractivity contribution in [3.05, 3.63) is 35.4 Å². The van der Waals surface area contributed by atoms with Gasteiger partial charge in [0.15, 0.2) is 0 Å². The van der Waals surface area contributed by atoms with Crippen LogP contribution in [0.3, 0.4) is 0 Å². The molecular weight excluding hydrogens is 242 g/mol. The number of rotatable bonds is 8. The van der Waals surface area contributed by atoms with Gasteiger partial charge in [0.25, 0.3) is 0 Å². The van der Waals surface area contributed by atoms with Crippen LogP contribution in [0.1, 0.15) is 64.0 Å². The molecule has 1 aromatic carbocycles. The van der Waals surface area contributed by atoms with Crippen molar-refractivity contribution in [2.24, 2.45) is 0 Å². The minimum Gasteiger partial charge on any atom is -0.303 e. The molecule has 0 radical (unpaired) electrons. The van der Waals surface area contributed by atoms with Crippen molar-refractivity contribution in [3.8, 4) is 0 Å². The maximum Gasteiger partial charge on any atom is -0.00188 e. The van der Waals surface area contributed by atoms with Gasteiger partial charge in [-0.05, 0) is 63.9 Å². The van der Waals surface area contributed by atoms with Crippen LogP contribution < -0.4 is 0 Å². The average molecular weight is 277 g/mol. The highest BCUT2D eigenvalue weighted by Crippen LogP contribution is 2.02. The van der Waals surface area contributed by atoms with Gasteiger partial charge in [0.1, 0.15) is 0 Å². The lowest BCUT2D eigenvalue weighted by Gasteiger charge is -2.20. The Balaban J connectivity index is 0.000000388. The molecule has 0 aliphatic carbocycles. The summed E-state index contributed by atoms with van der Waals surface area (Å²) in [6.07, 6.45) is 6.68. The molecule has 116 valence electrons. The zero-order valence-corrected chi connectivity index (χ0v) is 14.4. The maximum atomic E-state index is 2.60. The minimum absolute atomic E-state index is 1.29. The lowest BCUT2D eigenvalue weighted by atomic mass is 10.1. The van der Waals surface area contributed by atoms with Gasteiger partial charge in [0, 0.05) is 0 Å². The quantitative estimate of drug-likeness (QED) is 0.597. The largest absolute Gasteiger partial charge is 0.303 e. The molecule has 0 saturated heterocycles. The van der Waals surface area contributed by atoms with Crippen LogP contribution in [-0.2, 0) is 0 Å². The first-order chi connectivity index (χ1) is 9.65. The molecule has 0 saturated carbocycles. The standard InChI is InChI=1S/C11H25N.C8H10/c1-4-7-10-12(9-6-3)11-8-5-2;1-7-5-3-4-6-8(7)2/h4-11H2,1-3H3;3-6H,1-2H3. The summed E-state index contributed by atoms with van der Waals surface area (Å²) in [7, 11) is 0. The van der Waals surface area contributed by atoms with Crippen molar-refractivity contribution < 1.29 is 0 Å². The van der Waals surface area contributed by atoms with E-state index in [0.29, 0.717) is 0 Å². The number of aryl methyl sites for hydroxylation is 2. The van der Waals surface area contributed by atoms with E-state index in [9.17, 15) is 0 Å². The molecule has 0 aromatic heterocycles. The molecular formula is C19H35N. The Morgan fingerprint density at radius 3 is 1.45 bits per heavy atom. The highest BCUT2D eigenvalue weighted by molar-refractivity contribution is 5.23. The zero-order valence-electron chi connectivity index (χ0n) is 14.4. The van der Waals surface area contributed by atoms with Gasteiger partial charge >= 0.3 is 0 Å². The highest BCUT2D eigenvalue weighted by atomic mass is 15.1. The summed E-state index contributed by atoms with van der Waals surface area (Å²) < 4.78 is 0.